The maximum atomic E-state index is 13.0. The van der Waals surface area contributed by atoms with Gasteiger partial charge in [0.1, 0.15) is 5.82 Å². The summed E-state index contributed by atoms with van der Waals surface area (Å²) < 4.78 is 25.5. The first-order valence-corrected chi connectivity index (χ1v) is 4.04. The number of pyridine rings is 1. The van der Waals surface area contributed by atoms with E-state index < -0.39 is 11.8 Å². The van der Waals surface area contributed by atoms with Gasteiger partial charge >= 0.3 is 0 Å². The standard InChI is InChI=1S/C9H11F2NO/c1-6(5-13)2-7-3-9(11)12-4-8(7)10/h3-4,6,13H,2,5H2,1H3/t6-/m0/s1. The number of aromatic nitrogens is 1. The number of halogens is 2. The van der Waals surface area contributed by atoms with E-state index in [1.807, 2.05) is 0 Å². The molecule has 0 bridgehead atoms. The van der Waals surface area contributed by atoms with Crippen molar-refractivity contribution in [3.05, 3.63) is 29.6 Å². The highest BCUT2D eigenvalue weighted by atomic mass is 19.1. The van der Waals surface area contributed by atoms with Crippen LogP contribution in [0.1, 0.15) is 12.5 Å². The van der Waals surface area contributed by atoms with Gasteiger partial charge in [0.2, 0.25) is 5.95 Å². The first kappa shape index (κ1) is 10.1. The Labute approximate surface area is 75.2 Å². The second-order valence-corrected chi connectivity index (χ2v) is 3.09. The van der Waals surface area contributed by atoms with E-state index >= 15 is 0 Å². The number of hydrogen-bond acceptors (Lipinski definition) is 2. The van der Waals surface area contributed by atoms with Crippen molar-refractivity contribution in [2.75, 3.05) is 6.61 Å². The zero-order chi connectivity index (χ0) is 9.84. The van der Waals surface area contributed by atoms with Crippen molar-refractivity contribution in [2.24, 2.45) is 5.92 Å². The molecule has 0 saturated heterocycles. The van der Waals surface area contributed by atoms with E-state index in [1.165, 1.54) is 0 Å². The minimum atomic E-state index is -0.693. The molecule has 0 fully saturated rings. The Bertz CT molecular complexity index is 291. The molecule has 0 unspecified atom stereocenters. The third-order valence-corrected chi connectivity index (χ3v) is 1.78. The van der Waals surface area contributed by atoms with Crippen LogP contribution in [0, 0.1) is 17.7 Å². The molecule has 1 rings (SSSR count). The highest BCUT2D eigenvalue weighted by Crippen LogP contribution is 2.12. The average Bonchev–Trinajstić information content (AvgIpc) is 2.11. The normalized spacial score (nSPS) is 12.9. The molecule has 0 amide bonds. The van der Waals surface area contributed by atoms with E-state index in [1.54, 1.807) is 6.92 Å². The molecule has 1 aromatic heterocycles. The van der Waals surface area contributed by atoms with Crippen molar-refractivity contribution < 1.29 is 13.9 Å². The molecule has 4 heteroatoms. The molecule has 2 nitrogen and oxygen atoms in total. The van der Waals surface area contributed by atoms with Crippen molar-refractivity contribution in [1.29, 1.82) is 0 Å². The van der Waals surface area contributed by atoms with Crippen LogP contribution in [-0.2, 0) is 6.42 Å². The van der Waals surface area contributed by atoms with Gasteiger partial charge in [-0.2, -0.15) is 4.39 Å². The summed E-state index contributed by atoms with van der Waals surface area (Å²) in [6.45, 7) is 1.72. The first-order chi connectivity index (χ1) is 6.13. The van der Waals surface area contributed by atoms with Crippen molar-refractivity contribution in [2.45, 2.75) is 13.3 Å². The fourth-order valence-electron chi connectivity index (χ4n) is 1.05. The molecular formula is C9H11F2NO. The molecule has 0 aliphatic heterocycles. The van der Waals surface area contributed by atoms with Gasteiger partial charge in [0, 0.05) is 6.61 Å². The van der Waals surface area contributed by atoms with E-state index in [0.29, 0.717) is 6.42 Å². The van der Waals surface area contributed by atoms with Crippen LogP contribution in [0.15, 0.2) is 12.3 Å². The molecule has 13 heavy (non-hydrogen) atoms. The highest BCUT2D eigenvalue weighted by molar-refractivity contribution is 5.14. The Morgan fingerprint density at radius 1 is 1.54 bits per heavy atom. The Morgan fingerprint density at radius 2 is 2.23 bits per heavy atom. The summed E-state index contributed by atoms with van der Waals surface area (Å²) >= 11 is 0. The summed E-state index contributed by atoms with van der Waals surface area (Å²) in [6.07, 6.45) is 1.18. The molecule has 1 heterocycles. The molecule has 1 aromatic rings. The summed E-state index contributed by atoms with van der Waals surface area (Å²) in [7, 11) is 0. The van der Waals surface area contributed by atoms with Gasteiger partial charge in [-0.05, 0) is 24.0 Å². The maximum absolute atomic E-state index is 13.0. The fourth-order valence-corrected chi connectivity index (χ4v) is 1.05. The molecular weight excluding hydrogens is 176 g/mol. The molecule has 0 aromatic carbocycles. The van der Waals surface area contributed by atoms with Gasteiger partial charge < -0.3 is 5.11 Å². The predicted octanol–water partition coefficient (Wildman–Crippen LogP) is 1.53. The number of rotatable bonds is 3. The van der Waals surface area contributed by atoms with Crippen LogP contribution in [0.4, 0.5) is 8.78 Å². The van der Waals surface area contributed by atoms with Crippen LogP contribution in [0.3, 0.4) is 0 Å². The molecule has 1 N–H and O–H groups in total. The lowest BCUT2D eigenvalue weighted by atomic mass is 10.0. The minimum absolute atomic E-state index is 0.0383. The van der Waals surface area contributed by atoms with Crippen molar-refractivity contribution in [3.8, 4) is 0 Å². The molecule has 0 radical (unpaired) electrons. The molecule has 0 spiro atoms. The van der Waals surface area contributed by atoms with Gasteiger partial charge in [-0.25, -0.2) is 9.37 Å². The van der Waals surface area contributed by atoms with E-state index in [-0.39, 0.29) is 18.1 Å². The Hall–Kier alpha value is -1.03. The molecule has 0 aliphatic rings. The summed E-state index contributed by atoms with van der Waals surface area (Å²) in [6, 6.07) is 1.06. The first-order valence-electron chi connectivity index (χ1n) is 4.04. The topological polar surface area (TPSA) is 33.1 Å². The third kappa shape index (κ3) is 2.73. The quantitative estimate of drug-likeness (QED) is 0.728. The largest absolute Gasteiger partial charge is 0.396 e. The third-order valence-electron chi connectivity index (χ3n) is 1.78. The molecule has 0 saturated carbocycles. The van der Waals surface area contributed by atoms with Crippen LogP contribution in [0.25, 0.3) is 0 Å². The lowest BCUT2D eigenvalue weighted by Gasteiger charge is -2.07. The number of aliphatic hydroxyl groups is 1. The Balaban J connectivity index is 2.81. The van der Waals surface area contributed by atoms with Gasteiger partial charge in [0.05, 0.1) is 6.20 Å². The second kappa shape index (κ2) is 4.28. The minimum Gasteiger partial charge on any atom is -0.396 e. The zero-order valence-electron chi connectivity index (χ0n) is 7.30. The average molecular weight is 187 g/mol. The number of hydrogen-bond donors (Lipinski definition) is 1. The van der Waals surface area contributed by atoms with E-state index in [9.17, 15) is 8.78 Å². The Morgan fingerprint density at radius 3 is 2.85 bits per heavy atom. The van der Waals surface area contributed by atoms with Crippen LogP contribution >= 0.6 is 0 Å². The van der Waals surface area contributed by atoms with Crippen molar-refractivity contribution >= 4 is 0 Å². The van der Waals surface area contributed by atoms with Crippen LogP contribution in [0.2, 0.25) is 0 Å². The van der Waals surface area contributed by atoms with Crippen LogP contribution in [-0.4, -0.2) is 16.7 Å². The van der Waals surface area contributed by atoms with Crippen molar-refractivity contribution in [3.63, 3.8) is 0 Å². The highest BCUT2D eigenvalue weighted by Gasteiger charge is 2.08. The predicted molar refractivity (Wildman–Crippen MR) is 44.1 cm³/mol. The van der Waals surface area contributed by atoms with E-state index in [0.717, 1.165) is 12.3 Å². The van der Waals surface area contributed by atoms with E-state index in [4.69, 9.17) is 5.11 Å². The molecule has 1 atom stereocenters. The van der Waals surface area contributed by atoms with Crippen molar-refractivity contribution in [1.82, 2.24) is 4.98 Å². The van der Waals surface area contributed by atoms with Gasteiger partial charge in [0.25, 0.3) is 0 Å². The lowest BCUT2D eigenvalue weighted by Crippen LogP contribution is -2.07. The summed E-state index contributed by atoms with van der Waals surface area (Å²) in [5.41, 5.74) is 0.258. The zero-order valence-corrected chi connectivity index (χ0v) is 7.30. The Kier molecular flexibility index (Phi) is 3.31. The van der Waals surface area contributed by atoms with E-state index in [2.05, 4.69) is 4.98 Å². The summed E-state index contributed by atoms with van der Waals surface area (Å²) in [5, 5.41) is 8.72. The van der Waals surface area contributed by atoms with Gasteiger partial charge in [-0.1, -0.05) is 6.92 Å². The monoisotopic (exact) mass is 187 g/mol. The summed E-state index contributed by atoms with van der Waals surface area (Å²) in [5.74, 6) is -1.29. The van der Waals surface area contributed by atoms with Gasteiger partial charge in [0.15, 0.2) is 0 Å². The second-order valence-electron chi connectivity index (χ2n) is 3.09. The van der Waals surface area contributed by atoms with Gasteiger partial charge in [-0.3, -0.25) is 0 Å². The fraction of sp³-hybridized carbons (Fsp3) is 0.444. The molecule has 0 aliphatic carbocycles. The number of nitrogens with zero attached hydrogens (tertiary/aromatic N) is 1. The molecule has 72 valence electrons. The van der Waals surface area contributed by atoms with Gasteiger partial charge in [-0.15, -0.1) is 0 Å². The maximum Gasteiger partial charge on any atom is 0.213 e. The smallest absolute Gasteiger partial charge is 0.213 e. The van der Waals surface area contributed by atoms with Crippen LogP contribution in [0.5, 0.6) is 0 Å². The van der Waals surface area contributed by atoms with Crippen LogP contribution < -0.4 is 0 Å². The summed E-state index contributed by atoms with van der Waals surface area (Å²) in [4.78, 5) is 3.17. The lowest BCUT2D eigenvalue weighted by molar-refractivity contribution is 0.236. The number of aliphatic hydroxyl groups excluding tert-OH is 1. The SMILES string of the molecule is C[C@H](CO)Cc1cc(F)ncc1F.